The van der Waals surface area contributed by atoms with E-state index < -0.39 is 5.91 Å². The van der Waals surface area contributed by atoms with Crippen LogP contribution in [-0.2, 0) is 11.3 Å². The summed E-state index contributed by atoms with van der Waals surface area (Å²) in [6, 6.07) is 17.5. The fourth-order valence-electron chi connectivity index (χ4n) is 2.70. The maximum atomic E-state index is 12.7. The van der Waals surface area contributed by atoms with Crippen LogP contribution in [0.1, 0.15) is 22.8 Å². The van der Waals surface area contributed by atoms with E-state index >= 15 is 0 Å². The van der Waals surface area contributed by atoms with Crippen molar-refractivity contribution < 1.29 is 9.59 Å². The second-order valence-electron chi connectivity index (χ2n) is 6.20. The van der Waals surface area contributed by atoms with Crippen molar-refractivity contribution >= 4 is 39.1 Å². The SMILES string of the molecule is CC(=O)Nc1cccc(NC(=O)c2cccn(Cc3ccc(Br)cc3)c2=O)c1. The van der Waals surface area contributed by atoms with Gasteiger partial charge in [0.1, 0.15) is 5.56 Å². The highest BCUT2D eigenvalue weighted by atomic mass is 79.9. The predicted molar refractivity (Wildman–Crippen MR) is 113 cm³/mol. The van der Waals surface area contributed by atoms with Gasteiger partial charge in [0.2, 0.25) is 5.91 Å². The summed E-state index contributed by atoms with van der Waals surface area (Å²) in [6.07, 6.45) is 1.65. The third-order valence-electron chi connectivity index (χ3n) is 3.97. The lowest BCUT2D eigenvalue weighted by Gasteiger charge is -2.10. The first-order chi connectivity index (χ1) is 13.4. The Balaban J connectivity index is 1.80. The molecule has 0 saturated carbocycles. The van der Waals surface area contributed by atoms with Crippen LogP contribution >= 0.6 is 15.9 Å². The van der Waals surface area contributed by atoms with Crippen LogP contribution in [0.25, 0.3) is 0 Å². The topological polar surface area (TPSA) is 80.2 Å². The summed E-state index contributed by atoms with van der Waals surface area (Å²) in [5.41, 5.74) is 1.67. The quantitative estimate of drug-likeness (QED) is 0.632. The lowest BCUT2D eigenvalue weighted by Crippen LogP contribution is -2.29. The van der Waals surface area contributed by atoms with E-state index in [0.717, 1.165) is 10.0 Å². The van der Waals surface area contributed by atoms with E-state index in [0.29, 0.717) is 17.9 Å². The molecule has 2 aromatic carbocycles. The standard InChI is InChI=1S/C21H18BrN3O3/c1-14(26)23-17-4-2-5-18(12-17)24-20(27)19-6-3-11-25(21(19)28)13-15-7-9-16(22)10-8-15/h2-12H,13H2,1H3,(H,23,26)(H,24,27). The third-order valence-corrected chi connectivity index (χ3v) is 4.50. The molecule has 0 bridgehead atoms. The molecule has 0 atom stereocenters. The maximum absolute atomic E-state index is 12.7. The molecular weight excluding hydrogens is 422 g/mol. The first kappa shape index (κ1) is 19.6. The van der Waals surface area contributed by atoms with E-state index in [1.54, 1.807) is 36.5 Å². The minimum Gasteiger partial charge on any atom is -0.326 e. The molecule has 7 heteroatoms. The number of hydrogen-bond acceptors (Lipinski definition) is 3. The summed E-state index contributed by atoms with van der Waals surface area (Å²) in [4.78, 5) is 36.5. The molecule has 142 valence electrons. The van der Waals surface area contributed by atoms with Gasteiger partial charge in [-0.05, 0) is 48.0 Å². The van der Waals surface area contributed by atoms with Crippen molar-refractivity contribution in [1.29, 1.82) is 0 Å². The van der Waals surface area contributed by atoms with E-state index in [2.05, 4.69) is 26.6 Å². The number of carbonyl (C=O) groups is 2. The van der Waals surface area contributed by atoms with E-state index in [1.165, 1.54) is 17.6 Å². The van der Waals surface area contributed by atoms with Gasteiger partial charge in [-0.3, -0.25) is 14.4 Å². The molecule has 1 heterocycles. The van der Waals surface area contributed by atoms with E-state index in [1.807, 2.05) is 24.3 Å². The Morgan fingerprint density at radius 1 is 0.964 bits per heavy atom. The van der Waals surface area contributed by atoms with Crippen molar-refractivity contribution in [3.8, 4) is 0 Å². The van der Waals surface area contributed by atoms with Crippen molar-refractivity contribution in [2.45, 2.75) is 13.5 Å². The summed E-state index contributed by atoms with van der Waals surface area (Å²) in [5.74, 6) is -0.711. The number of pyridine rings is 1. The molecule has 2 N–H and O–H groups in total. The molecule has 0 fully saturated rings. The first-order valence-electron chi connectivity index (χ1n) is 8.55. The number of carbonyl (C=O) groups excluding carboxylic acids is 2. The van der Waals surface area contributed by atoms with Crippen molar-refractivity contribution in [3.05, 3.63) is 92.8 Å². The number of halogens is 1. The highest BCUT2D eigenvalue weighted by Gasteiger charge is 2.13. The number of hydrogen-bond donors (Lipinski definition) is 2. The average Bonchev–Trinajstić information content (AvgIpc) is 2.65. The Bertz CT molecular complexity index is 1070. The second kappa shape index (κ2) is 8.67. The summed E-state index contributed by atoms with van der Waals surface area (Å²) < 4.78 is 2.45. The van der Waals surface area contributed by atoms with Gasteiger partial charge in [0.25, 0.3) is 11.5 Å². The van der Waals surface area contributed by atoms with Crippen LogP contribution in [0, 0.1) is 0 Å². The van der Waals surface area contributed by atoms with Crippen LogP contribution in [0.4, 0.5) is 11.4 Å². The van der Waals surface area contributed by atoms with Crippen LogP contribution in [0.15, 0.2) is 76.1 Å². The number of aromatic nitrogens is 1. The largest absolute Gasteiger partial charge is 0.326 e. The smallest absolute Gasteiger partial charge is 0.263 e. The van der Waals surface area contributed by atoms with Crippen molar-refractivity contribution in [3.63, 3.8) is 0 Å². The van der Waals surface area contributed by atoms with Gasteiger partial charge in [0, 0.05) is 29.0 Å². The number of amides is 2. The zero-order valence-electron chi connectivity index (χ0n) is 15.1. The van der Waals surface area contributed by atoms with Crippen molar-refractivity contribution in [2.75, 3.05) is 10.6 Å². The number of nitrogens with zero attached hydrogens (tertiary/aromatic N) is 1. The molecule has 2 amide bonds. The second-order valence-corrected chi connectivity index (χ2v) is 7.11. The van der Waals surface area contributed by atoms with Gasteiger partial charge in [-0.2, -0.15) is 0 Å². The first-order valence-corrected chi connectivity index (χ1v) is 9.34. The normalized spacial score (nSPS) is 10.4. The summed E-state index contributed by atoms with van der Waals surface area (Å²) in [6.45, 7) is 1.77. The minimum absolute atomic E-state index is 0.0459. The van der Waals surface area contributed by atoms with E-state index in [-0.39, 0.29) is 17.0 Å². The molecule has 0 spiro atoms. The van der Waals surface area contributed by atoms with Gasteiger partial charge in [-0.1, -0.05) is 34.1 Å². The lowest BCUT2D eigenvalue weighted by molar-refractivity contribution is -0.114. The summed E-state index contributed by atoms with van der Waals surface area (Å²) in [5, 5.41) is 5.35. The molecule has 3 aromatic rings. The van der Waals surface area contributed by atoms with Crippen LogP contribution in [0.2, 0.25) is 0 Å². The van der Waals surface area contributed by atoms with Gasteiger partial charge in [-0.15, -0.1) is 0 Å². The highest BCUT2D eigenvalue weighted by Crippen LogP contribution is 2.16. The fourth-order valence-corrected chi connectivity index (χ4v) is 2.96. The molecule has 0 aliphatic heterocycles. The Morgan fingerprint density at radius 3 is 2.32 bits per heavy atom. The molecule has 0 unspecified atom stereocenters. The molecule has 28 heavy (non-hydrogen) atoms. The number of rotatable bonds is 5. The van der Waals surface area contributed by atoms with Gasteiger partial charge in [-0.25, -0.2) is 0 Å². The zero-order chi connectivity index (χ0) is 20.1. The monoisotopic (exact) mass is 439 g/mol. The Labute approximate surface area is 170 Å². The summed E-state index contributed by atoms with van der Waals surface area (Å²) in [7, 11) is 0. The van der Waals surface area contributed by atoms with E-state index in [4.69, 9.17) is 0 Å². The van der Waals surface area contributed by atoms with Crippen LogP contribution in [0.5, 0.6) is 0 Å². The molecule has 6 nitrogen and oxygen atoms in total. The molecule has 1 aromatic heterocycles. The Morgan fingerprint density at radius 2 is 1.64 bits per heavy atom. The molecule has 0 aliphatic carbocycles. The van der Waals surface area contributed by atoms with Gasteiger partial charge < -0.3 is 15.2 Å². The van der Waals surface area contributed by atoms with Crippen LogP contribution in [-0.4, -0.2) is 16.4 Å². The number of nitrogens with one attached hydrogen (secondary N) is 2. The van der Waals surface area contributed by atoms with Gasteiger partial charge in [0.05, 0.1) is 6.54 Å². The molecule has 0 radical (unpaired) electrons. The summed E-state index contributed by atoms with van der Waals surface area (Å²) >= 11 is 3.38. The Kier molecular flexibility index (Phi) is 6.06. The van der Waals surface area contributed by atoms with E-state index in [9.17, 15) is 14.4 Å². The van der Waals surface area contributed by atoms with Crippen LogP contribution in [0.3, 0.4) is 0 Å². The maximum Gasteiger partial charge on any atom is 0.263 e. The number of benzene rings is 2. The van der Waals surface area contributed by atoms with Gasteiger partial charge >= 0.3 is 0 Å². The van der Waals surface area contributed by atoms with Crippen molar-refractivity contribution in [1.82, 2.24) is 4.57 Å². The van der Waals surface area contributed by atoms with Gasteiger partial charge in [0.15, 0.2) is 0 Å². The lowest BCUT2D eigenvalue weighted by atomic mass is 10.2. The Hall–Kier alpha value is -3.19. The molecule has 3 rings (SSSR count). The fraction of sp³-hybridized carbons (Fsp3) is 0.0952. The zero-order valence-corrected chi connectivity index (χ0v) is 16.7. The molecular formula is C21H18BrN3O3. The average molecular weight is 440 g/mol. The van der Waals surface area contributed by atoms with Crippen LogP contribution < -0.4 is 16.2 Å². The minimum atomic E-state index is -0.505. The van der Waals surface area contributed by atoms with Crippen molar-refractivity contribution in [2.24, 2.45) is 0 Å². The third kappa shape index (κ3) is 4.95. The highest BCUT2D eigenvalue weighted by molar-refractivity contribution is 9.10. The molecule has 0 saturated heterocycles. The predicted octanol–water partition coefficient (Wildman–Crippen LogP) is 3.87. The number of anilines is 2. The molecule has 0 aliphatic rings.